The van der Waals surface area contributed by atoms with Crippen LogP contribution in [-0.4, -0.2) is 41.1 Å². The third-order valence-corrected chi connectivity index (χ3v) is 4.22. The van der Waals surface area contributed by atoms with Crippen LogP contribution in [0.5, 0.6) is 0 Å². The summed E-state index contributed by atoms with van der Waals surface area (Å²) in [6.07, 6.45) is 0. The zero-order valence-corrected chi connectivity index (χ0v) is 12.6. The third-order valence-electron chi connectivity index (χ3n) is 4.22. The summed E-state index contributed by atoms with van der Waals surface area (Å²) in [5, 5.41) is 9.34. The molecule has 4 heteroatoms. The Hall–Kier alpha value is -2.33. The predicted octanol–water partition coefficient (Wildman–Crippen LogP) is 2.83. The van der Waals surface area contributed by atoms with Crippen LogP contribution in [0.2, 0.25) is 0 Å². The van der Waals surface area contributed by atoms with Crippen molar-refractivity contribution in [1.29, 1.82) is 0 Å². The highest BCUT2D eigenvalue weighted by Gasteiger charge is 2.44. The molecule has 0 bridgehead atoms. The Morgan fingerprint density at radius 2 is 1.41 bits per heavy atom. The van der Waals surface area contributed by atoms with E-state index in [1.807, 2.05) is 67.7 Å². The van der Waals surface area contributed by atoms with E-state index in [4.69, 9.17) is 0 Å². The van der Waals surface area contributed by atoms with Gasteiger partial charge in [-0.15, -0.1) is 0 Å². The topological polar surface area (TPSA) is 43.8 Å². The Morgan fingerprint density at radius 1 is 0.909 bits per heavy atom. The number of aliphatic hydroxyl groups excluding tert-OH is 1. The maximum Gasteiger partial charge on any atom is 0.321 e. The molecule has 2 amide bonds. The van der Waals surface area contributed by atoms with Crippen molar-refractivity contribution >= 4 is 6.03 Å². The van der Waals surface area contributed by atoms with Crippen LogP contribution in [0.15, 0.2) is 60.7 Å². The van der Waals surface area contributed by atoms with Crippen molar-refractivity contribution < 1.29 is 9.90 Å². The van der Waals surface area contributed by atoms with E-state index in [0.717, 1.165) is 11.1 Å². The number of aliphatic hydroxyl groups is 1. The van der Waals surface area contributed by atoms with Gasteiger partial charge in [0.15, 0.2) is 0 Å². The van der Waals surface area contributed by atoms with E-state index < -0.39 is 0 Å². The van der Waals surface area contributed by atoms with Crippen LogP contribution < -0.4 is 0 Å². The van der Waals surface area contributed by atoms with E-state index in [0.29, 0.717) is 6.54 Å². The molecule has 1 saturated heterocycles. The molecule has 1 aliphatic rings. The number of likely N-dealkylation sites (N-methyl/N-ethyl adjacent to an activating group) is 1. The first-order valence-electron chi connectivity index (χ1n) is 7.48. The van der Waals surface area contributed by atoms with Crippen molar-refractivity contribution in [2.24, 2.45) is 0 Å². The minimum atomic E-state index is -0.0896. The van der Waals surface area contributed by atoms with Crippen LogP contribution >= 0.6 is 0 Å². The molecule has 22 heavy (non-hydrogen) atoms. The van der Waals surface area contributed by atoms with Crippen molar-refractivity contribution in [3.63, 3.8) is 0 Å². The molecule has 0 saturated carbocycles. The van der Waals surface area contributed by atoms with Crippen molar-refractivity contribution in [3.8, 4) is 0 Å². The Morgan fingerprint density at radius 3 is 1.91 bits per heavy atom. The molecule has 0 unspecified atom stereocenters. The van der Waals surface area contributed by atoms with Crippen LogP contribution in [0.25, 0.3) is 0 Å². The molecule has 1 heterocycles. The summed E-state index contributed by atoms with van der Waals surface area (Å²) in [5.74, 6) is 0. The second-order valence-corrected chi connectivity index (χ2v) is 5.52. The molecule has 4 nitrogen and oxygen atoms in total. The zero-order chi connectivity index (χ0) is 15.5. The number of β-amino-alcohol motifs (C(OH)–C–C–N with tert-alkyl or cyclic N) is 1. The number of carbonyl (C=O) groups excluding carboxylic acids is 1. The van der Waals surface area contributed by atoms with E-state index in [2.05, 4.69) is 0 Å². The highest BCUT2D eigenvalue weighted by Crippen LogP contribution is 2.43. The van der Waals surface area contributed by atoms with Crippen molar-refractivity contribution in [3.05, 3.63) is 71.8 Å². The number of urea groups is 1. The highest BCUT2D eigenvalue weighted by molar-refractivity contribution is 5.78. The number of benzene rings is 2. The molecule has 1 N–H and O–H groups in total. The lowest BCUT2D eigenvalue weighted by Gasteiger charge is -2.27. The molecule has 1 aliphatic heterocycles. The molecule has 0 spiro atoms. The summed E-state index contributed by atoms with van der Waals surface area (Å²) in [6, 6.07) is 19.9. The van der Waals surface area contributed by atoms with E-state index in [9.17, 15) is 9.90 Å². The SMILES string of the molecule is CN1C(=O)N(CCO)[C@H](c2ccccc2)[C@H]1c1ccccc1. The standard InChI is InChI=1S/C18H20N2O2/c1-19-16(14-8-4-2-5-9-14)17(15-10-6-3-7-11-15)20(12-13-21)18(19)22/h2-11,16-17,21H,12-13H2,1H3/t16-,17-/m1/s1. The van der Waals surface area contributed by atoms with Gasteiger partial charge in [0, 0.05) is 13.6 Å². The van der Waals surface area contributed by atoms with Crippen molar-refractivity contribution in [2.75, 3.05) is 20.2 Å². The van der Waals surface area contributed by atoms with Gasteiger partial charge in [-0.25, -0.2) is 4.79 Å². The van der Waals surface area contributed by atoms with Crippen molar-refractivity contribution in [1.82, 2.24) is 9.80 Å². The molecule has 0 radical (unpaired) electrons. The number of rotatable bonds is 4. The van der Waals surface area contributed by atoms with Gasteiger partial charge in [0.2, 0.25) is 0 Å². The van der Waals surface area contributed by atoms with Gasteiger partial charge in [-0.1, -0.05) is 60.7 Å². The lowest BCUT2D eigenvalue weighted by Crippen LogP contribution is -2.33. The fourth-order valence-corrected chi connectivity index (χ4v) is 3.23. The maximum absolute atomic E-state index is 12.6. The minimum absolute atomic E-state index is 0.0373. The Labute approximate surface area is 130 Å². The molecular formula is C18H20N2O2. The average molecular weight is 296 g/mol. The van der Waals surface area contributed by atoms with Gasteiger partial charge in [-0.2, -0.15) is 0 Å². The highest BCUT2D eigenvalue weighted by atomic mass is 16.3. The van der Waals surface area contributed by atoms with Crippen LogP contribution in [-0.2, 0) is 0 Å². The molecule has 1 fully saturated rings. The van der Waals surface area contributed by atoms with Crippen LogP contribution in [0, 0.1) is 0 Å². The number of carbonyl (C=O) groups is 1. The number of amides is 2. The molecule has 114 valence electrons. The monoisotopic (exact) mass is 296 g/mol. The summed E-state index contributed by atoms with van der Waals surface area (Å²) in [4.78, 5) is 16.1. The Kier molecular flexibility index (Phi) is 4.11. The first-order chi connectivity index (χ1) is 10.7. The van der Waals surface area contributed by atoms with Crippen LogP contribution in [0.4, 0.5) is 4.79 Å². The number of hydrogen-bond acceptors (Lipinski definition) is 2. The third kappa shape index (κ3) is 2.46. The lowest BCUT2D eigenvalue weighted by molar-refractivity contribution is 0.171. The lowest BCUT2D eigenvalue weighted by atomic mass is 9.93. The Balaban J connectivity index is 2.07. The quantitative estimate of drug-likeness (QED) is 0.943. The van der Waals surface area contributed by atoms with Gasteiger partial charge in [0.05, 0.1) is 18.7 Å². The molecule has 0 aromatic heterocycles. The van der Waals surface area contributed by atoms with Gasteiger partial charge in [-0.3, -0.25) is 0 Å². The van der Waals surface area contributed by atoms with Gasteiger partial charge in [-0.05, 0) is 11.1 Å². The van der Waals surface area contributed by atoms with E-state index >= 15 is 0 Å². The molecule has 0 aliphatic carbocycles. The van der Waals surface area contributed by atoms with Crippen LogP contribution in [0.1, 0.15) is 23.2 Å². The molecule has 2 atom stereocenters. The molecule has 2 aromatic rings. The summed E-state index contributed by atoms with van der Waals surface area (Å²) < 4.78 is 0. The van der Waals surface area contributed by atoms with Gasteiger partial charge < -0.3 is 14.9 Å². The number of hydrogen-bond donors (Lipinski definition) is 1. The second-order valence-electron chi connectivity index (χ2n) is 5.52. The largest absolute Gasteiger partial charge is 0.395 e. The molecule has 3 rings (SSSR count). The van der Waals surface area contributed by atoms with Crippen molar-refractivity contribution in [2.45, 2.75) is 12.1 Å². The minimum Gasteiger partial charge on any atom is -0.395 e. The summed E-state index contributed by atoms with van der Waals surface area (Å²) >= 11 is 0. The fraction of sp³-hybridized carbons (Fsp3) is 0.278. The normalized spacial score (nSPS) is 21.5. The first kappa shape index (κ1) is 14.6. The zero-order valence-electron chi connectivity index (χ0n) is 12.6. The average Bonchev–Trinajstić information content (AvgIpc) is 2.82. The van der Waals surface area contributed by atoms with Crippen LogP contribution in [0.3, 0.4) is 0 Å². The molecular weight excluding hydrogens is 276 g/mol. The van der Waals surface area contributed by atoms with Gasteiger partial charge in [0.1, 0.15) is 0 Å². The fourth-order valence-electron chi connectivity index (χ4n) is 3.23. The number of nitrogens with zero attached hydrogens (tertiary/aromatic N) is 2. The summed E-state index contributed by atoms with van der Waals surface area (Å²) in [6.45, 7) is 0.302. The first-order valence-corrected chi connectivity index (χ1v) is 7.48. The second kappa shape index (κ2) is 6.20. The van der Waals surface area contributed by atoms with E-state index in [-0.39, 0.29) is 24.7 Å². The maximum atomic E-state index is 12.6. The molecule has 2 aromatic carbocycles. The van der Waals surface area contributed by atoms with E-state index in [1.54, 1.807) is 9.80 Å². The Bertz CT molecular complexity index is 630. The summed E-state index contributed by atoms with van der Waals surface area (Å²) in [5.41, 5.74) is 2.19. The smallest absolute Gasteiger partial charge is 0.321 e. The van der Waals surface area contributed by atoms with Gasteiger partial charge >= 0.3 is 6.03 Å². The predicted molar refractivity (Wildman–Crippen MR) is 85.3 cm³/mol. The van der Waals surface area contributed by atoms with Gasteiger partial charge in [0.25, 0.3) is 0 Å². The van der Waals surface area contributed by atoms with E-state index in [1.165, 1.54) is 0 Å². The summed E-state index contributed by atoms with van der Waals surface area (Å²) in [7, 11) is 1.83.